The first-order chi connectivity index (χ1) is 10.2. The Bertz CT molecular complexity index is 493. The van der Waals surface area contributed by atoms with Crippen LogP contribution in [-0.2, 0) is 0 Å². The topological polar surface area (TPSA) is 91.0 Å². The average Bonchev–Trinajstić information content (AvgIpc) is 3.04. The lowest BCUT2D eigenvalue weighted by Gasteiger charge is -2.14. The van der Waals surface area contributed by atoms with Crippen LogP contribution >= 0.6 is 0 Å². The lowest BCUT2D eigenvalue weighted by Crippen LogP contribution is -2.28. The van der Waals surface area contributed by atoms with Crippen LogP contribution in [0.15, 0.2) is 29.4 Å². The number of likely N-dealkylation sites (tertiary alicyclic amines) is 1. The van der Waals surface area contributed by atoms with E-state index in [1.807, 2.05) is 0 Å². The number of amides is 1. The summed E-state index contributed by atoms with van der Waals surface area (Å²) in [6.07, 6.45) is 3.55. The molecule has 114 valence electrons. The van der Waals surface area contributed by atoms with Gasteiger partial charge in [-0.15, -0.1) is 0 Å². The molecule has 2 rings (SSSR count). The Morgan fingerprint density at radius 3 is 2.48 bits per heavy atom. The van der Waals surface area contributed by atoms with Crippen molar-refractivity contribution in [1.29, 1.82) is 0 Å². The minimum Gasteiger partial charge on any atom is -0.409 e. The summed E-state index contributed by atoms with van der Waals surface area (Å²) in [6, 6.07) is 6.66. The molecule has 4 N–H and O–H groups in total. The van der Waals surface area contributed by atoms with Crippen molar-refractivity contribution in [2.45, 2.75) is 19.3 Å². The van der Waals surface area contributed by atoms with E-state index in [1.54, 1.807) is 24.3 Å². The van der Waals surface area contributed by atoms with Gasteiger partial charge in [0.05, 0.1) is 0 Å². The molecule has 0 saturated carbocycles. The number of amidine groups is 1. The highest BCUT2D eigenvalue weighted by atomic mass is 16.4. The highest BCUT2D eigenvalue weighted by molar-refractivity contribution is 5.99. The van der Waals surface area contributed by atoms with Gasteiger partial charge in [0, 0.05) is 17.7 Å². The van der Waals surface area contributed by atoms with Crippen LogP contribution < -0.4 is 11.1 Å². The smallest absolute Gasteiger partial charge is 0.251 e. The molecule has 1 aromatic carbocycles. The second-order valence-electron chi connectivity index (χ2n) is 5.22. The molecular weight excluding hydrogens is 268 g/mol. The van der Waals surface area contributed by atoms with Gasteiger partial charge in [-0.1, -0.05) is 17.3 Å². The van der Waals surface area contributed by atoms with Gasteiger partial charge in [0.15, 0.2) is 5.84 Å². The van der Waals surface area contributed by atoms with Crippen LogP contribution in [0.2, 0.25) is 0 Å². The molecule has 0 bridgehead atoms. The standard InChI is InChI=1S/C15H22N4O2/c16-14(18-21)12-4-6-13(7-5-12)15(20)17-8-3-11-19-9-1-2-10-19/h4-7,21H,1-3,8-11H2,(H2,16,18)(H,17,20). The summed E-state index contributed by atoms with van der Waals surface area (Å²) in [4.78, 5) is 14.4. The highest BCUT2D eigenvalue weighted by Gasteiger charge is 2.11. The Morgan fingerprint density at radius 1 is 1.24 bits per heavy atom. The van der Waals surface area contributed by atoms with Gasteiger partial charge in [0.2, 0.25) is 0 Å². The first-order valence-electron chi connectivity index (χ1n) is 7.29. The maximum Gasteiger partial charge on any atom is 0.251 e. The van der Waals surface area contributed by atoms with E-state index in [9.17, 15) is 4.79 Å². The van der Waals surface area contributed by atoms with Crippen LogP contribution in [0, 0.1) is 0 Å². The van der Waals surface area contributed by atoms with Crippen LogP contribution in [-0.4, -0.2) is 48.0 Å². The average molecular weight is 290 g/mol. The van der Waals surface area contributed by atoms with Crippen molar-refractivity contribution in [1.82, 2.24) is 10.2 Å². The Hall–Kier alpha value is -2.08. The lowest BCUT2D eigenvalue weighted by molar-refractivity contribution is 0.0952. The monoisotopic (exact) mass is 290 g/mol. The summed E-state index contributed by atoms with van der Waals surface area (Å²) >= 11 is 0. The third kappa shape index (κ3) is 4.46. The number of hydrogen-bond donors (Lipinski definition) is 3. The minimum absolute atomic E-state index is 0.0348. The Kier molecular flexibility index (Phi) is 5.57. The fraction of sp³-hybridized carbons (Fsp3) is 0.467. The van der Waals surface area contributed by atoms with Crippen molar-refractivity contribution >= 4 is 11.7 Å². The summed E-state index contributed by atoms with van der Waals surface area (Å²) in [5, 5.41) is 14.4. The van der Waals surface area contributed by atoms with Crippen molar-refractivity contribution in [3.05, 3.63) is 35.4 Å². The summed E-state index contributed by atoms with van der Waals surface area (Å²) in [5.74, 6) is -0.0601. The molecular formula is C15H22N4O2. The number of nitrogens with two attached hydrogens (primary N) is 1. The summed E-state index contributed by atoms with van der Waals surface area (Å²) in [6.45, 7) is 4.09. The minimum atomic E-state index is -0.0949. The van der Waals surface area contributed by atoms with E-state index in [0.29, 0.717) is 17.7 Å². The van der Waals surface area contributed by atoms with E-state index in [1.165, 1.54) is 25.9 Å². The van der Waals surface area contributed by atoms with Gasteiger partial charge in [-0.2, -0.15) is 0 Å². The first-order valence-corrected chi connectivity index (χ1v) is 7.29. The van der Waals surface area contributed by atoms with Gasteiger partial charge in [-0.25, -0.2) is 0 Å². The second-order valence-corrected chi connectivity index (χ2v) is 5.22. The maximum absolute atomic E-state index is 12.0. The number of benzene rings is 1. The number of rotatable bonds is 6. The van der Waals surface area contributed by atoms with Gasteiger partial charge >= 0.3 is 0 Å². The van der Waals surface area contributed by atoms with Gasteiger partial charge in [0.25, 0.3) is 5.91 Å². The fourth-order valence-electron chi connectivity index (χ4n) is 2.46. The lowest BCUT2D eigenvalue weighted by atomic mass is 10.1. The molecule has 0 aliphatic carbocycles. The molecule has 0 radical (unpaired) electrons. The fourth-order valence-corrected chi connectivity index (χ4v) is 2.46. The van der Waals surface area contributed by atoms with Crippen molar-refractivity contribution < 1.29 is 10.0 Å². The highest BCUT2D eigenvalue weighted by Crippen LogP contribution is 2.07. The number of hydrogen-bond acceptors (Lipinski definition) is 4. The summed E-state index contributed by atoms with van der Waals surface area (Å²) in [5.41, 5.74) is 6.63. The number of oxime groups is 1. The predicted molar refractivity (Wildman–Crippen MR) is 81.6 cm³/mol. The number of nitrogens with one attached hydrogen (secondary N) is 1. The van der Waals surface area contributed by atoms with Crippen LogP contribution in [0.3, 0.4) is 0 Å². The molecule has 0 unspecified atom stereocenters. The van der Waals surface area contributed by atoms with Gasteiger partial charge < -0.3 is 21.2 Å². The van der Waals surface area contributed by atoms with Crippen molar-refractivity contribution in [2.75, 3.05) is 26.2 Å². The van der Waals surface area contributed by atoms with E-state index >= 15 is 0 Å². The third-order valence-corrected chi connectivity index (χ3v) is 3.69. The molecule has 6 heteroatoms. The molecule has 1 heterocycles. The normalized spacial score (nSPS) is 16.1. The zero-order chi connectivity index (χ0) is 15.1. The van der Waals surface area contributed by atoms with Crippen LogP contribution in [0.4, 0.5) is 0 Å². The van der Waals surface area contributed by atoms with Gasteiger partial charge in [0.1, 0.15) is 0 Å². The predicted octanol–water partition coefficient (Wildman–Crippen LogP) is 0.997. The van der Waals surface area contributed by atoms with E-state index < -0.39 is 0 Å². The van der Waals surface area contributed by atoms with Crippen molar-refractivity contribution in [3.63, 3.8) is 0 Å². The van der Waals surface area contributed by atoms with Gasteiger partial charge in [-0.05, 0) is 51.0 Å². The molecule has 1 fully saturated rings. The molecule has 1 aliphatic rings. The zero-order valence-corrected chi connectivity index (χ0v) is 12.1. The van der Waals surface area contributed by atoms with E-state index in [0.717, 1.165) is 13.0 Å². The van der Waals surface area contributed by atoms with E-state index in [2.05, 4.69) is 15.4 Å². The molecule has 6 nitrogen and oxygen atoms in total. The first kappa shape index (κ1) is 15.3. The molecule has 21 heavy (non-hydrogen) atoms. The molecule has 1 aliphatic heterocycles. The summed E-state index contributed by atoms with van der Waals surface area (Å²) < 4.78 is 0. The van der Waals surface area contributed by atoms with Crippen molar-refractivity contribution in [2.24, 2.45) is 10.9 Å². The van der Waals surface area contributed by atoms with Crippen LogP contribution in [0.25, 0.3) is 0 Å². The number of nitrogens with zero attached hydrogens (tertiary/aromatic N) is 2. The Labute approximate surface area is 124 Å². The molecule has 1 saturated heterocycles. The van der Waals surface area contributed by atoms with Gasteiger partial charge in [-0.3, -0.25) is 4.79 Å². The summed E-state index contributed by atoms with van der Waals surface area (Å²) in [7, 11) is 0. The molecule has 0 aromatic heterocycles. The molecule has 0 spiro atoms. The quantitative estimate of drug-likeness (QED) is 0.240. The molecule has 1 aromatic rings. The second kappa shape index (κ2) is 7.64. The van der Waals surface area contributed by atoms with Crippen LogP contribution in [0.5, 0.6) is 0 Å². The van der Waals surface area contributed by atoms with E-state index in [-0.39, 0.29) is 11.7 Å². The van der Waals surface area contributed by atoms with Crippen molar-refractivity contribution in [3.8, 4) is 0 Å². The number of carbonyl (C=O) groups excluding carboxylic acids is 1. The van der Waals surface area contributed by atoms with Crippen LogP contribution in [0.1, 0.15) is 35.2 Å². The maximum atomic E-state index is 12.0. The Balaban J connectivity index is 1.74. The molecule has 1 amide bonds. The third-order valence-electron chi connectivity index (χ3n) is 3.69. The Morgan fingerprint density at radius 2 is 1.86 bits per heavy atom. The zero-order valence-electron chi connectivity index (χ0n) is 12.1. The van der Waals surface area contributed by atoms with E-state index in [4.69, 9.17) is 10.9 Å². The number of carbonyl (C=O) groups is 1. The SMILES string of the molecule is NC(=NO)c1ccc(C(=O)NCCCN2CCCC2)cc1. The largest absolute Gasteiger partial charge is 0.409 e. The molecule has 0 atom stereocenters.